The summed E-state index contributed by atoms with van der Waals surface area (Å²) < 4.78 is 7.12. The van der Waals surface area contributed by atoms with Crippen LogP contribution >= 0.6 is 0 Å². The molecule has 0 N–H and O–H groups in total. The Morgan fingerprint density at radius 1 is 1.26 bits per heavy atom. The number of rotatable bonds is 4. The highest BCUT2D eigenvalue weighted by atomic mass is 16.6. The van der Waals surface area contributed by atoms with Crippen molar-refractivity contribution in [3.8, 4) is 11.5 Å². The second kappa shape index (κ2) is 5.64. The van der Waals surface area contributed by atoms with E-state index >= 15 is 0 Å². The van der Waals surface area contributed by atoms with Crippen LogP contribution in [-0.4, -0.2) is 24.9 Å². The maximum absolute atomic E-state index is 10.7. The molecule has 0 fully saturated rings. The van der Waals surface area contributed by atoms with Gasteiger partial charge in [0.1, 0.15) is 18.4 Å². The first-order valence-corrected chi connectivity index (χ1v) is 7.05. The third-order valence-electron chi connectivity index (χ3n) is 3.75. The molecule has 1 aromatic carbocycles. The Labute approximate surface area is 131 Å². The van der Waals surface area contributed by atoms with Gasteiger partial charge in [0.05, 0.1) is 4.92 Å². The van der Waals surface area contributed by atoms with Crippen molar-refractivity contribution in [2.24, 2.45) is 0 Å². The van der Waals surface area contributed by atoms with Gasteiger partial charge in [-0.2, -0.15) is 5.10 Å². The fourth-order valence-corrected chi connectivity index (χ4v) is 2.14. The number of aromatic nitrogens is 4. The Bertz CT molecular complexity index is 868. The van der Waals surface area contributed by atoms with Gasteiger partial charge in [-0.25, -0.2) is 0 Å². The van der Waals surface area contributed by atoms with E-state index in [4.69, 9.17) is 4.42 Å². The fourth-order valence-electron chi connectivity index (χ4n) is 2.14. The monoisotopic (exact) mass is 313 g/mol. The summed E-state index contributed by atoms with van der Waals surface area (Å²) in [6.07, 6.45) is 2.53. The van der Waals surface area contributed by atoms with Crippen molar-refractivity contribution in [2.45, 2.75) is 26.8 Å². The molecule has 2 aromatic heterocycles. The van der Waals surface area contributed by atoms with Gasteiger partial charge in [0.15, 0.2) is 0 Å². The van der Waals surface area contributed by atoms with E-state index in [1.54, 1.807) is 6.92 Å². The summed E-state index contributed by atoms with van der Waals surface area (Å²) in [6.45, 7) is 5.83. The van der Waals surface area contributed by atoms with E-state index in [0.717, 1.165) is 11.1 Å². The number of nitro groups is 1. The van der Waals surface area contributed by atoms with E-state index in [2.05, 4.69) is 15.3 Å². The zero-order chi connectivity index (χ0) is 16.6. The van der Waals surface area contributed by atoms with Gasteiger partial charge in [0, 0.05) is 5.56 Å². The number of benzene rings is 1. The summed E-state index contributed by atoms with van der Waals surface area (Å²) in [7, 11) is 0. The molecule has 0 saturated heterocycles. The molecule has 3 rings (SSSR count). The van der Waals surface area contributed by atoms with E-state index in [-0.39, 0.29) is 5.69 Å². The van der Waals surface area contributed by atoms with E-state index in [9.17, 15) is 10.1 Å². The highest BCUT2D eigenvalue weighted by molar-refractivity contribution is 5.55. The molecule has 0 bridgehead atoms. The SMILES string of the molecule is Cc1ccc(-c2nnc(C(C)n3cc([N+](=O)[O-])cn3)o2)cc1C. The maximum atomic E-state index is 10.7. The van der Waals surface area contributed by atoms with Crippen LogP contribution in [0.15, 0.2) is 35.0 Å². The summed E-state index contributed by atoms with van der Waals surface area (Å²) in [5.41, 5.74) is 3.08. The molecule has 0 radical (unpaired) electrons. The van der Waals surface area contributed by atoms with Crippen LogP contribution in [0.3, 0.4) is 0 Å². The first kappa shape index (κ1) is 14.9. The average molecular weight is 313 g/mol. The predicted molar refractivity (Wildman–Crippen MR) is 81.9 cm³/mol. The fraction of sp³-hybridized carbons (Fsp3) is 0.267. The van der Waals surface area contributed by atoms with Crippen LogP contribution in [0.2, 0.25) is 0 Å². The largest absolute Gasteiger partial charge is 0.418 e. The molecule has 1 unspecified atom stereocenters. The summed E-state index contributed by atoms with van der Waals surface area (Å²) in [6, 6.07) is 5.50. The standard InChI is InChI=1S/C15H15N5O3/c1-9-4-5-12(6-10(9)2)15-18-17-14(23-15)11(3)19-8-13(7-16-19)20(21)22/h4-8,11H,1-3H3. The van der Waals surface area contributed by atoms with Gasteiger partial charge >= 0.3 is 5.69 Å². The van der Waals surface area contributed by atoms with Crippen LogP contribution in [0.4, 0.5) is 5.69 Å². The topological polar surface area (TPSA) is 99.9 Å². The lowest BCUT2D eigenvalue weighted by atomic mass is 10.1. The summed E-state index contributed by atoms with van der Waals surface area (Å²) in [4.78, 5) is 10.2. The van der Waals surface area contributed by atoms with Gasteiger partial charge < -0.3 is 4.42 Å². The van der Waals surface area contributed by atoms with Crippen molar-refractivity contribution in [3.63, 3.8) is 0 Å². The molecule has 0 aliphatic rings. The minimum atomic E-state index is -0.495. The smallest absolute Gasteiger partial charge is 0.307 e. The first-order chi connectivity index (χ1) is 11.0. The van der Waals surface area contributed by atoms with Gasteiger partial charge in [-0.3, -0.25) is 14.8 Å². The Morgan fingerprint density at radius 2 is 2.04 bits per heavy atom. The lowest BCUT2D eigenvalue weighted by Crippen LogP contribution is -2.07. The van der Waals surface area contributed by atoms with Gasteiger partial charge in [0.25, 0.3) is 0 Å². The molecule has 118 valence electrons. The predicted octanol–water partition coefficient (Wildman–Crippen LogP) is 3.07. The van der Waals surface area contributed by atoms with E-state index in [0.29, 0.717) is 11.8 Å². The van der Waals surface area contributed by atoms with E-state index in [1.165, 1.54) is 22.6 Å². The lowest BCUT2D eigenvalue weighted by molar-refractivity contribution is -0.385. The zero-order valence-corrected chi connectivity index (χ0v) is 12.9. The van der Waals surface area contributed by atoms with Crippen LogP contribution in [0.5, 0.6) is 0 Å². The molecule has 0 aliphatic carbocycles. The van der Waals surface area contributed by atoms with Crippen molar-refractivity contribution in [2.75, 3.05) is 0 Å². The molecule has 3 aromatic rings. The molecule has 0 saturated carbocycles. The van der Waals surface area contributed by atoms with Gasteiger partial charge in [-0.15, -0.1) is 10.2 Å². The summed E-state index contributed by atoms with van der Waals surface area (Å²) in [5, 5.41) is 22.8. The maximum Gasteiger partial charge on any atom is 0.307 e. The number of aryl methyl sites for hydroxylation is 2. The molecule has 0 amide bonds. The highest BCUT2D eigenvalue weighted by Crippen LogP contribution is 2.24. The van der Waals surface area contributed by atoms with Gasteiger partial charge in [0.2, 0.25) is 11.8 Å². The molecular weight excluding hydrogens is 298 g/mol. The van der Waals surface area contributed by atoms with Crippen molar-refractivity contribution < 1.29 is 9.34 Å². The molecule has 1 atom stereocenters. The van der Waals surface area contributed by atoms with Crippen molar-refractivity contribution >= 4 is 5.69 Å². The number of hydrogen-bond donors (Lipinski definition) is 0. The molecule has 0 spiro atoms. The second-order valence-corrected chi connectivity index (χ2v) is 5.36. The van der Waals surface area contributed by atoms with Crippen LogP contribution in [-0.2, 0) is 0 Å². The van der Waals surface area contributed by atoms with Crippen molar-refractivity contribution in [3.05, 3.63) is 57.7 Å². The summed E-state index contributed by atoms with van der Waals surface area (Å²) in [5.74, 6) is 0.757. The van der Waals surface area contributed by atoms with E-state index in [1.807, 2.05) is 32.0 Å². The van der Waals surface area contributed by atoms with Crippen molar-refractivity contribution in [1.82, 2.24) is 20.0 Å². The third-order valence-corrected chi connectivity index (χ3v) is 3.75. The minimum absolute atomic E-state index is 0.0780. The molecule has 8 nitrogen and oxygen atoms in total. The second-order valence-electron chi connectivity index (χ2n) is 5.36. The van der Waals surface area contributed by atoms with Crippen LogP contribution in [0, 0.1) is 24.0 Å². The van der Waals surface area contributed by atoms with Gasteiger partial charge in [-0.1, -0.05) is 6.07 Å². The van der Waals surface area contributed by atoms with Gasteiger partial charge in [-0.05, 0) is 44.0 Å². The van der Waals surface area contributed by atoms with Crippen LogP contribution in [0.1, 0.15) is 30.0 Å². The normalized spacial score (nSPS) is 12.3. The Morgan fingerprint density at radius 3 is 2.70 bits per heavy atom. The average Bonchev–Trinajstić information content (AvgIpc) is 3.18. The molecule has 0 aliphatic heterocycles. The molecule has 2 heterocycles. The van der Waals surface area contributed by atoms with Crippen LogP contribution in [0.25, 0.3) is 11.5 Å². The quantitative estimate of drug-likeness (QED) is 0.542. The molecule has 8 heteroatoms. The Kier molecular flexibility index (Phi) is 3.65. The van der Waals surface area contributed by atoms with E-state index < -0.39 is 11.0 Å². The minimum Gasteiger partial charge on any atom is -0.418 e. The lowest BCUT2D eigenvalue weighted by Gasteiger charge is -2.06. The van der Waals surface area contributed by atoms with Crippen molar-refractivity contribution in [1.29, 1.82) is 0 Å². The molecular formula is C15H15N5O3. The molecule has 23 heavy (non-hydrogen) atoms. The first-order valence-electron chi connectivity index (χ1n) is 7.05. The van der Waals surface area contributed by atoms with Crippen LogP contribution < -0.4 is 0 Å². The number of nitrogens with zero attached hydrogens (tertiary/aromatic N) is 5. The number of hydrogen-bond acceptors (Lipinski definition) is 6. The highest BCUT2D eigenvalue weighted by Gasteiger charge is 2.20. The third kappa shape index (κ3) is 2.83. The zero-order valence-electron chi connectivity index (χ0n) is 12.9. The Hall–Kier alpha value is -3.03. The summed E-state index contributed by atoms with van der Waals surface area (Å²) >= 11 is 0. The Balaban J connectivity index is 1.88.